The van der Waals surface area contributed by atoms with E-state index in [1.54, 1.807) is 0 Å². The third kappa shape index (κ3) is 2.96. The van der Waals surface area contributed by atoms with Gasteiger partial charge in [0.15, 0.2) is 0 Å². The molecular formula is C16H24N4S. The summed E-state index contributed by atoms with van der Waals surface area (Å²) in [5, 5.41) is 3.51. The lowest BCUT2D eigenvalue weighted by Crippen LogP contribution is -2.53. The van der Waals surface area contributed by atoms with Crippen LogP contribution in [0.5, 0.6) is 0 Å². The highest BCUT2D eigenvalue weighted by Gasteiger charge is 2.28. The van der Waals surface area contributed by atoms with E-state index < -0.39 is 0 Å². The van der Waals surface area contributed by atoms with E-state index in [4.69, 9.17) is 4.98 Å². The van der Waals surface area contributed by atoms with E-state index >= 15 is 0 Å². The smallest absolute Gasteiger partial charge is 0.111 e. The number of nitrogens with zero attached hydrogens (tertiary/aromatic N) is 3. The molecule has 0 saturated carbocycles. The normalized spacial score (nSPS) is 21.8. The van der Waals surface area contributed by atoms with Gasteiger partial charge in [-0.25, -0.2) is 4.98 Å². The summed E-state index contributed by atoms with van der Waals surface area (Å²) in [5.41, 5.74) is 2.31. The molecule has 114 valence electrons. The third-order valence-corrected chi connectivity index (χ3v) is 5.61. The molecule has 2 atom stereocenters. The van der Waals surface area contributed by atoms with Crippen LogP contribution in [0.15, 0.2) is 24.3 Å². The first kappa shape index (κ1) is 14.9. The molecular weight excluding hydrogens is 280 g/mol. The maximum absolute atomic E-state index is 4.82. The van der Waals surface area contributed by atoms with Crippen molar-refractivity contribution in [2.24, 2.45) is 7.05 Å². The molecule has 1 fully saturated rings. The van der Waals surface area contributed by atoms with Gasteiger partial charge in [0.1, 0.15) is 5.82 Å². The number of nitrogens with one attached hydrogen (secondary N) is 1. The minimum atomic E-state index is 0.443. The average Bonchev–Trinajstić information content (AvgIpc) is 2.82. The number of aryl methyl sites for hydroxylation is 1. The van der Waals surface area contributed by atoms with Crippen LogP contribution in [0.2, 0.25) is 0 Å². The minimum absolute atomic E-state index is 0.443. The van der Waals surface area contributed by atoms with E-state index in [0.717, 1.165) is 11.9 Å². The Kier molecular flexibility index (Phi) is 4.52. The van der Waals surface area contributed by atoms with Gasteiger partial charge in [0, 0.05) is 43.6 Å². The zero-order valence-corrected chi connectivity index (χ0v) is 13.9. The summed E-state index contributed by atoms with van der Waals surface area (Å²) in [5.74, 6) is 3.61. The topological polar surface area (TPSA) is 33.1 Å². The summed E-state index contributed by atoms with van der Waals surface area (Å²) in [6.07, 6.45) is 0.969. The number of imidazole rings is 1. The number of likely N-dealkylation sites (N-methyl/N-ethyl adjacent to an activating group) is 2. The molecule has 0 bridgehead atoms. The van der Waals surface area contributed by atoms with Crippen molar-refractivity contribution in [1.29, 1.82) is 0 Å². The Labute approximate surface area is 130 Å². The molecule has 1 saturated heterocycles. The molecule has 2 aromatic rings. The Morgan fingerprint density at radius 2 is 2.19 bits per heavy atom. The number of benzene rings is 1. The molecule has 1 aromatic carbocycles. The predicted molar refractivity (Wildman–Crippen MR) is 91.0 cm³/mol. The van der Waals surface area contributed by atoms with Crippen LogP contribution in [-0.4, -0.2) is 58.7 Å². The van der Waals surface area contributed by atoms with E-state index in [0.29, 0.717) is 12.1 Å². The van der Waals surface area contributed by atoms with Crippen molar-refractivity contribution in [3.05, 3.63) is 30.1 Å². The van der Waals surface area contributed by atoms with Crippen molar-refractivity contribution < 1.29 is 0 Å². The van der Waals surface area contributed by atoms with Gasteiger partial charge in [0.2, 0.25) is 0 Å². The van der Waals surface area contributed by atoms with Gasteiger partial charge in [-0.2, -0.15) is 11.8 Å². The first-order chi connectivity index (χ1) is 10.2. The molecule has 0 aliphatic carbocycles. The molecule has 1 aromatic heterocycles. The van der Waals surface area contributed by atoms with Crippen LogP contribution in [0.25, 0.3) is 11.0 Å². The number of para-hydroxylation sites is 2. The summed E-state index contributed by atoms with van der Waals surface area (Å²) in [4.78, 5) is 7.30. The van der Waals surface area contributed by atoms with Gasteiger partial charge in [-0.1, -0.05) is 12.1 Å². The molecule has 1 aliphatic rings. The lowest BCUT2D eigenvalue weighted by Gasteiger charge is -2.37. The molecule has 1 aliphatic heterocycles. The number of hydrogen-bond donors (Lipinski definition) is 1. The van der Waals surface area contributed by atoms with Gasteiger partial charge in [-0.15, -0.1) is 0 Å². The van der Waals surface area contributed by atoms with E-state index in [1.165, 1.54) is 29.4 Å². The highest BCUT2D eigenvalue weighted by Crippen LogP contribution is 2.21. The maximum Gasteiger partial charge on any atom is 0.111 e. The lowest BCUT2D eigenvalue weighted by molar-refractivity contribution is 0.217. The van der Waals surface area contributed by atoms with Gasteiger partial charge >= 0.3 is 0 Å². The molecule has 0 radical (unpaired) electrons. The van der Waals surface area contributed by atoms with E-state index in [9.17, 15) is 0 Å². The van der Waals surface area contributed by atoms with Crippen LogP contribution in [0.1, 0.15) is 5.82 Å². The highest BCUT2D eigenvalue weighted by atomic mass is 32.2. The first-order valence-electron chi connectivity index (χ1n) is 7.56. The van der Waals surface area contributed by atoms with Crippen molar-refractivity contribution in [2.75, 3.05) is 32.1 Å². The van der Waals surface area contributed by atoms with Gasteiger partial charge in [-0.05, 0) is 26.2 Å². The quantitative estimate of drug-likeness (QED) is 0.933. The lowest BCUT2D eigenvalue weighted by atomic mass is 10.0. The number of aromatic nitrogens is 2. The predicted octanol–water partition coefficient (Wildman–Crippen LogP) is 1.75. The van der Waals surface area contributed by atoms with Crippen molar-refractivity contribution >= 4 is 22.8 Å². The van der Waals surface area contributed by atoms with Crippen LogP contribution in [0.3, 0.4) is 0 Å². The summed E-state index contributed by atoms with van der Waals surface area (Å²) < 4.78 is 2.23. The highest BCUT2D eigenvalue weighted by molar-refractivity contribution is 7.99. The Hall–Kier alpha value is -1.04. The van der Waals surface area contributed by atoms with Crippen LogP contribution in [0, 0.1) is 0 Å². The Morgan fingerprint density at radius 3 is 2.90 bits per heavy atom. The fourth-order valence-corrected chi connectivity index (χ4v) is 4.45. The maximum atomic E-state index is 4.82. The average molecular weight is 304 g/mol. The van der Waals surface area contributed by atoms with E-state index in [-0.39, 0.29) is 0 Å². The summed E-state index contributed by atoms with van der Waals surface area (Å²) in [6, 6.07) is 9.39. The molecule has 5 heteroatoms. The number of fused-ring (bicyclic) bond motifs is 1. The molecule has 21 heavy (non-hydrogen) atoms. The van der Waals surface area contributed by atoms with Gasteiger partial charge in [0.25, 0.3) is 0 Å². The first-order valence-corrected chi connectivity index (χ1v) is 8.71. The molecule has 2 heterocycles. The number of hydrogen-bond acceptors (Lipinski definition) is 4. The fourth-order valence-electron chi connectivity index (χ4n) is 3.13. The molecule has 0 spiro atoms. The summed E-state index contributed by atoms with van der Waals surface area (Å²) in [7, 11) is 6.43. The fraction of sp³-hybridized carbons (Fsp3) is 0.562. The van der Waals surface area contributed by atoms with Crippen molar-refractivity contribution in [3.8, 4) is 0 Å². The van der Waals surface area contributed by atoms with Gasteiger partial charge in [-0.3, -0.25) is 0 Å². The van der Waals surface area contributed by atoms with Gasteiger partial charge in [0.05, 0.1) is 11.0 Å². The van der Waals surface area contributed by atoms with Crippen LogP contribution in [0.4, 0.5) is 0 Å². The van der Waals surface area contributed by atoms with Crippen molar-refractivity contribution in [3.63, 3.8) is 0 Å². The summed E-state index contributed by atoms with van der Waals surface area (Å²) in [6.45, 7) is 1.18. The van der Waals surface area contributed by atoms with E-state index in [1.807, 2.05) is 0 Å². The van der Waals surface area contributed by atoms with Gasteiger partial charge < -0.3 is 14.8 Å². The SMILES string of the molecule is CNC(Cc1nc2ccccc2n1C)C1CSCCN1C. The molecule has 1 N–H and O–H groups in total. The molecule has 4 nitrogen and oxygen atoms in total. The monoisotopic (exact) mass is 304 g/mol. The molecule has 3 rings (SSSR count). The largest absolute Gasteiger partial charge is 0.331 e. The third-order valence-electron chi connectivity index (χ3n) is 4.56. The van der Waals surface area contributed by atoms with Crippen molar-refractivity contribution in [1.82, 2.24) is 19.8 Å². The van der Waals surface area contributed by atoms with Crippen LogP contribution >= 0.6 is 11.8 Å². The second-order valence-electron chi connectivity index (χ2n) is 5.80. The standard InChI is InChI=1S/C16H24N4S/c1-17-13(15-11-21-9-8-19(15)2)10-16-18-12-6-4-5-7-14(12)20(16)3/h4-7,13,15,17H,8-11H2,1-3H3. The van der Waals surface area contributed by atoms with Crippen LogP contribution in [-0.2, 0) is 13.5 Å². The second-order valence-corrected chi connectivity index (χ2v) is 6.95. The Balaban J connectivity index is 1.83. The summed E-state index contributed by atoms with van der Waals surface area (Å²) >= 11 is 2.06. The molecule has 0 amide bonds. The Morgan fingerprint density at radius 1 is 1.38 bits per heavy atom. The van der Waals surface area contributed by atoms with E-state index in [2.05, 4.69) is 72.0 Å². The van der Waals surface area contributed by atoms with Crippen molar-refractivity contribution in [2.45, 2.75) is 18.5 Å². The number of rotatable bonds is 4. The zero-order valence-electron chi connectivity index (χ0n) is 13.0. The number of thioether (sulfide) groups is 1. The molecule has 2 unspecified atom stereocenters. The van der Waals surface area contributed by atoms with Crippen LogP contribution < -0.4 is 5.32 Å². The zero-order chi connectivity index (χ0) is 14.8. The second kappa shape index (κ2) is 6.38. The Bertz CT molecular complexity index is 609. The minimum Gasteiger partial charge on any atom is -0.331 e.